The number of anilines is 1. The molecule has 0 aliphatic rings. The van der Waals surface area contributed by atoms with E-state index in [0.29, 0.717) is 33.7 Å². The molecule has 2 heterocycles. The Bertz CT molecular complexity index is 1620. The van der Waals surface area contributed by atoms with Crippen LogP contribution >= 0.6 is 11.3 Å². The van der Waals surface area contributed by atoms with Gasteiger partial charge in [-0.1, -0.05) is 32.9 Å². The first kappa shape index (κ1) is 24.5. The Morgan fingerprint density at radius 3 is 2.43 bits per heavy atom. The van der Waals surface area contributed by atoms with E-state index in [4.69, 9.17) is 14.2 Å². The lowest BCUT2D eigenvalue weighted by Crippen LogP contribution is -2.14. The van der Waals surface area contributed by atoms with Gasteiger partial charge in [-0.05, 0) is 47.2 Å². The van der Waals surface area contributed by atoms with E-state index < -0.39 is 0 Å². The third-order valence-electron chi connectivity index (χ3n) is 6.02. The first-order chi connectivity index (χ1) is 17.8. The van der Waals surface area contributed by atoms with Gasteiger partial charge in [0.25, 0.3) is 5.91 Å². The average molecular weight is 514 g/mol. The minimum Gasteiger partial charge on any atom is -0.493 e. The van der Waals surface area contributed by atoms with Gasteiger partial charge >= 0.3 is 0 Å². The largest absolute Gasteiger partial charge is 0.493 e. The number of amides is 1. The normalized spacial score (nSPS) is 11.5. The lowest BCUT2D eigenvalue weighted by molar-refractivity contribution is 0.102. The van der Waals surface area contributed by atoms with E-state index in [1.54, 1.807) is 20.4 Å². The molecular formula is C29H27N3O4S. The second kappa shape index (κ2) is 9.71. The summed E-state index contributed by atoms with van der Waals surface area (Å²) in [6.07, 6.45) is 1.69. The van der Waals surface area contributed by atoms with Gasteiger partial charge in [-0.3, -0.25) is 15.1 Å². The van der Waals surface area contributed by atoms with Gasteiger partial charge in [0.2, 0.25) is 0 Å². The summed E-state index contributed by atoms with van der Waals surface area (Å²) in [5.74, 6) is 2.27. The van der Waals surface area contributed by atoms with Crippen molar-refractivity contribution in [2.24, 2.45) is 0 Å². The Hall–Kier alpha value is -4.17. The summed E-state index contributed by atoms with van der Waals surface area (Å²) >= 11 is 1.43. The van der Waals surface area contributed by atoms with Crippen molar-refractivity contribution in [1.82, 2.24) is 9.97 Å². The van der Waals surface area contributed by atoms with Gasteiger partial charge in [0.15, 0.2) is 16.6 Å². The molecule has 0 unspecified atom stereocenters. The molecule has 0 radical (unpaired) electrons. The molecule has 8 heteroatoms. The van der Waals surface area contributed by atoms with E-state index >= 15 is 0 Å². The number of methoxy groups -OCH3 is 2. The Balaban J connectivity index is 1.44. The highest BCUT2D eigenvalue weighted by molar-refractivity contribution is 7.14. The molecule has 0 bridgehead atoms. The van der Waals surface area contributed by atoms with Crippen LogP contribution in [0.3, 0.4) is 0 Å². The summed E-state index contributed by atoms with van der Waals surface area (Å²) < 4.78 is 17.1. The highest BCUT2D eigenvalue weighted by Gasteiger charge is 2.19. The summed E-state index contributed by atoms with van der Waals surface area (Å²) in [6.45, 7) is 6.29. The number of aromatic nitrogens is 2. The summed E-state index contributed by atoms with van der Waals surface area (Å²) in [6, 6.07) is 16.8. The maximum absolute atomic E-state index is 13.1. The van der Waals surface area contributed by atoms with Crippen molar-refractivity contribution in [3.05, 3.63) is 77.4 Å². The molecule has 37 heavy (non-hydrogen) atoms. The average Bonchev–Trinajstić information content (AvgIpc) is 3.36. The zero-order valence-electron chi connectivity index (χ0n) is 21.3. The fraction of sp³-hybridized carbons (Fsp3) is 0.207. The SMILES string of the molecule is COc1cc2nccc(Oc3ccc4c(C(=O)Nc5nc(C(C)(C)C)cs5)cccc4c3)c2cc1OC. The van der Waals surface area contributed by atoms with E-state index in [9.17, 15) is 4.79 Å². The number of pyridine rings is 1. The highest BCUT2D eigenvalue weighted by Crippen LogP contribution is 2.37. The number of rotatable bonds is 6. The number of hydrogen-bond donors (Lipinski definition) is 1. The predicted molar refractivity (Wildman–Crippen MR) is 148 cm³/mol. The van der Waals surface area contributed by atoms with Crippen LogP contribution in [0.25, 0.3) is 21.7 Å². The van der Waals surface area contributed by atoms with E-state index in [1.165, 1.54) is 11.3 Å². The molecule has 0 atom stereocenters. The topological polar surface area (TPSA) is 82.6 Å². The first-order valence-corrected chi connectivity index (χ1v) is 12.6. The smallest absolute Gasteiger partial charge is 0.258 e. The van der Waals surface area contributed by atoms with Crippen molar-refractivity contribution in [3.63, 3.8) is 0 Å². The number of fused-ring (bicyclic) bond motifs is 2. The Labute approximate surface area is 219 Å². The molecule has 1 N–H and O–H groups in total. The summed E-state index contributed by atoms with van der Waals surface area (Å²) in [5.41, 5.74) is 2.17. The molecular weight excluding hydrogens is 486 g/mol. The van der Waals surface area contributed by atoms with Crippen LogP contribution in [-0.2, 0) is 5.41 Å². The zero-order valence-corrected chi connectivity index (χ0v) is 22.1. The summed E-state index contributed by atoms with van der Waals surface area (Å²) in [4.78, 5) is 22.1. The standard InChI is InChI=1S/C29H27N3O4S/c1-29(2,3)26-16-37-28(31-26)32-27(33)20-8-6-7-17-13-18(9-10-19(17)20)36-23-11-12-30-22-15-25(35-5)24(34-4)14-21(22)23/h6-16H,1-5H3,(H,31,32,33). The second-order valence-electron chi connectivity index (χ2n) is 9.57. The van der Waals surface area contributed by atoms with Crippen molar-refractivity contribution in [2.75, 3.05) is 19.5 Å². The molecule has 7 nitrogen and oxygen atoms in total. The number of thiazole rings is 1. The Morgan fingerprint density at radius 1 is 0.919 bits per heavy atom. The van der Waals surface area contributed by atoms with E-state index in [-0.39, 0.29) is 11.3 Å². The first-order valence-electron chi connectivity index (χ1n) is 11.8. The molecule has 0 aliphatic carbocycles. The number of nitrogens with zero attached hydrogens (tertiary/aromatic N) is 2. The molecule has 0 spiro atoms. The van der Waals surface area contributed by atoms with E-state index in [2.05, 4.69) is 36.1 Å². The van der Waals surface area contributed by atoms with Gasteiger partial charge in [-0.15, -0.1) is 11.3 Å². The van der Waals surface area contributed by atoms with Crippen LogP contribution in [-0.4, -0.2) is 30.1 Å². The predicted octanol–water partition coefficient (Wildman–Crippen LogP) is 7.20. The van der Waals surface area contributed by atoms with Crippen molar-refractivity contribution in [3.8, 4) is 23.0 Å². The molecule has 1 amide bonds. The fourth-order valence-electron chi connectivity index (χ4n) is 4.03. The molecule has 5 aromatic rings. The Kier molecular flexibility index (Phi) is 6.43. The van der Waals surface area contributed by atoms with Crippen LogP contribution < -0.4 is 19.5 Å². The number of benzene rings is 3. The van der Waals surface area contributed by atoms with Crippen molar-refractivity contribution < 1.29 is 19.0 Å². The third-order valence-corrected chi connectivity index (χ3v) is 6.78. The minimum atomic E-state index is -0.199. The number of hydrogen-bond acceptors (Lipinski definition) is 7. The van der Waals surface area contributed by atoms with Gasteiger partial charge in [0.05, 0.1) is 25.4 Å². The van der Waals surface area contributed by atoms with Gasteiger partial charge in [-0.2, -0.15) is 0 Å². The molecule has 5 rings (SSSR count). The molecule has 2 aromatic heterocycles. The molecule has 0 fully saturated rings. The number of ether oxygens (including phenoxy) is 3. The zero-order chi connectivity index (χ0) is 26.2. The van der Waals surface area contributed by atoms with Gasteiger partial charge in [0, 0.05) is 34.0 Å². The lowest BCUT2D eigenvalue weighted by atomic mass is 9.93. The van der Waals surface area contributed by atoms with Crippen molar-refractivity contribution >= 4 is 44.1 Å². The number of carbonyl (C=O) groups excluding carboxylic acids is 1. The highest BCUT2D eigenvalue weighted by atomic mass is 32.1. The van der Waals surface area contributed by atoms with Crippen LogP contribution in [0.15, 0.2) is 66.2 Å². The van der Waals surface area contributed by atoms with E-state index in [1.807, 2.05) is 60.0 Å². The number of carbonyl (C=O) groups is 1. The monoisotopic (exact) mass is 513 g/mol. The number of nitrogens with one attached hydrogen (secondary N) is 1. The summed E-state index contributed by atoms with van der Waals surface area (Å²) in [5, 5.41) is 8.02. The van der Waals surface area contributed by atoms with Gasteiger partial charge < -0.3 is 14.2 Å². The maximum Gasteiger partial charge on any atom is 0.258 e. The minimum absolute atomic E-state index is 0.0767. The Morgan fingerprint density at radius 2 is 1.70 bits per heavy atom. The maximum atomic E-state index is 13.1. The fourth-order valence-corrected chi connectivity index (χ4v) is 4.96. The molecule has 3 aromatic carbocycles. The van der Waals surface area contributed by atoms with Gasteiger partial charge in [-0.25, -0.2) is 4.98 Å². The van der Waals surface area contributed by atoms with Crippen molar-refractivity contribution in [1.29, 1.82) is 0 Å². The molecule has 188 valence electrons. The molecule has 0 saturated heterocycles. The van der Waals surface area contributed by atoms with Crippen LogP contribution in [0.5, 0.6) is 23.0 Å². The summed E-state index contributed by atoms with van der Waals surface area (Å²) in [7, 11) is 3.18. The van der Waals surface area contributed by atoms with Gasteiger partial charge in [0.1, 0.15) is 11.5 Å². The third kappa shape index (κ3) is 4.93. The van der Waals surface area contributed by atoms with Crippen LogP contribution in [0.2, 0.25) is 0 Å². The van der Waals surface area contributed by atoms with Crippen LogP contribution in [0.1, 0.15) is 36.8 Å². The lowest BCUT2D eigenvalue weighted by Gasteiger charge is -2.14. The van der Waals surface area contributed by atoms with E-state index in [0.717, 1.165) is 27.4 Å². The molecule has 0 saturated carbocycles. The van der Waals surface area contributed by atoms with Crippen LogP contribution in [0.4, 0.5) is 5.13 Å². The molecule has 0 aliphatic heterocycles. The van der Waals surface area contributed by atoms with Crippen LogP contribution in [0, 0.1) is 0 Å². The quantitative estimate of drug-likeness (QED) is 0.258. The second-order valence-corrected chi connectivity index (χ2v) is 10.4. The van der Waals surface area contributed by atoms with Crippen molar-refractivity contribution in [2.45, 2.75) is 26.2 Å².